The van der Waals surface area contributed by atoms with E-state index in [0.717, 1.165) is 22.9 Å². The summed E-state index contributed by atoms with van der Waals surface area (Å²) < 4.78 is 14.3. The summed E-state index contributed by atoms with van der Waals surface area (Å²) in [5.74, 6) is -0.219. The van der Waals surface area contributed by atoms with Gasteiger partial charge >= 0.3 is 0 Å². The Morgan fingerprint density at radius 2 is 1.80 bits per heavy atom. The van der Waals surface area contributed by atoms with Gasteiger partial charge in [0.05, 0.1) is 4.83 Å². The van der Waals surface area contributed by atoms with Crippen molar-refractivity contribution in [2.24, 2.45) is 0 Å². The van der Waals surface area contributed by atoms with E-state index in [1.54, 1.807) is 6.07 Å². The molecule has 2 aromatic carbocycles. The lowest BCUT2D eigenvalue weighted by molar-refractivity contribution is 0.625. The molecule has 0 nitrogen and oxygen atoms in total. The molecule has 0 amide bonds. The van der Waals surface area contributed by atoms with Crippen LogP contribution in [0.5, 0.6) is 0 Å². The highest BCUT2D eigenvalue weighted by Gasteiger charge is 2.15. The molecule has 0 fully saturated rings. The molecule has 3 heteroatoms. The third kappa shape index (κ3) is 3.50. The molecule has 1 atom stereocenters. The lowest BCUT2D eigenvalue weighted by atomic mass is 9.95. The number of benzene rings is 2. The second-order valence-electron chi connectivity index (χ2n) is 4.81. The van der Waals surface area contributed by atoms with Crippen molar-refractivity contribution < 1.29 is 4.39 Å². The molecule has 0 saturated heterocycles. The van der Waals surface area contributed by atoms with E-state index < -0.39 is 0 Å². The Bertz CT molecular complexity index is 588. The lowest BCUT2D eigenvalue weighted by Gasteiger charge is -2.17. The lowest BCUT2D eigenvalue weighted by Crippen LogP contribution is -2.00. The Balaban J connectivity index is 2.48. The van der Waals surface area contributed by atoms with Gasteiger partial charge in [-0.2, -0.15) is 0 Å². The minimum Gasteiger partial charge on any atom is -0.207 e. The van der Waals surface area contributed by atoms with Crippen LogP contribution in [0.2, 0.25) is 0 Å². The van der Waals surface area contributed by atoms with Crippen molar-refractivity contribution >= 4 is 31.9 Å². The molecule has 0 aliphatic heterocycles. The van der Waals surface area contributed by atoms with Crippen LogP contribution in [-0.2, 0) is 12.8 Å². The van der Waals surface area contributed by atoms with Gasteiger partial charge in [0.25, 0.3) is 0 Å². The smallest absolute Gasteiger partial charge is 0.124 e. The first-order chi connectivity index (χ1) is 9.55. The number of alkyl halides is 1. The molecule has 0 saturated carbocycles. The topological polar surface area (TPSA) is 0 Å². The first-order valence-corrected chi connectivity index (χ1v) is 8.47. The van der Waals surface area contributed by atoms with Crippen molar-refractivity contribution in [3.8, 4) is 0 Å². The third-order valence-electron chi connectivity index (χ3n) is 3.45. The first kappa shape index (κ1) is 15.7. The van der Waals surface area contributed by atoms with Crippen LogP contribution in [0.1, 0.15) is 40.9 Å². The fraction of sp³-hybridized carbons (Fsp3) is 0.294. The fourth-order valence-corrected chi connectivity index (χ4v) is 3.50. The fourth-order valence-electron chi connectivity index (χ4n) is 2.32. The summed E-state index contributed by atoms with van der Waals surface area (Å²) >= 11 is 7.09. The Hall–Kier alpha value is -0.670. The summed E-state index contributed by atoms with van der Waals surface area (Å²) in [6.07, 6.45) is 1.97. The largest absolute Gasteiger partial charge is 0.207 e. The molecular weight excluding hydrogens is 383 g/mol. The maximum absolute atomic E-state index is 13.6. The molecule has 1 unspecified atom stereocenters. The van der Waals surface area contributed by atoms with E-state index in [1.165, 1.54) is 22.8 Å². The molecule has 106 valence electrons. The molecule has 20 heavy (non-hydrogen) atoms. The summed E-state index contributed by atoms with van der Waals surface area (Å²) in [7, 11) is 0. The number of hydrogen-bond acceptors (Lipinski definition) is 0. The summed E-state index contributed by atoms with van der Waals surface area (Å²) in [5.41, 5.74) is 4.76. The Kier molecular flexibility index (Phi) is 5.39. The van der Waals surface area contributed by atoms with Gasteiger partial charge in [-0.25, -0.2) is 4.39 Å². The van der Waals surface area contributed by atoms with Crippen molar-refractivity contribution in [2.45, 2.75) is 31.5 Å². The standard InChI is InChI=1S/C17H17Br2F/c1-3-11-5-6-12(4-2)16(7-11)17(19)13-8-14(18)10-15(20)9-13/h5-10,17H,3-4H2,1-2H3. The van der Waals surface area contributed by atoms with Crippen molar-refractivity contribution in [1.29, 1.82) is 0 Å². The average molecular weight is 400 g/mol. The molecule has 0 bridgehead atoms. The average Bonchev–Trinajstić information content (AvgIpc) is 2.44. The van der Waals surface area contributed by atoms with Crippen LogP contribution in [-0.4, -0.2) is 0 Å². The van der Waals surface area contributed by atoms with Crippen LogP contribution >= 0.6 is 31.9 Å². The quantitative estimate of drug-likeness (QED) is 0.537. The summed E-state index contributed by atoms with van der Waals surface area (Å²) in [6, 6.07) is 11.6. The second-order valence-corrected chi connectivity index (χ2v) is 6.64. The monoisotopic (exact) mass is 398 g/mol. The van der Waals surface area contributed by atoms with Crippen molar-refractivity contribution in [2.75, 3.05) is 0 Å². The van der Waals surface area contributed by atoms with Gasteiger partial charge in [0.15, 0.2) is 0 Å². The van der Waals surface area contributed by atoms with E-state index in [-0.39, 0.29) is 10.6 Å². The predicted molar refractivity (Wildman–Crippen MR) is 90.1 cm³/mol. The number of aryl methyl sites for hydroxylation is 2. The molecule has 0 aromatic heterocycles. The van der Waals surface area contributed by atoms with Gasteiger partial charge in [0, 0.05) is 4.47 Å². The molecule has 2 rings (SSSR count). The maximum Gasteiger partial charge on any atom is 0.124 e. The highest BCUT2D eigenvalue weighted by atomic mass is 79.9. The first-order valence-electron chi connectivity index (χ1n) is 6.76. The zero-order valence-electron chi connectivity index (χ0n) is 11.6. The molecule has 0 spiro atoms. The van der Waals surface area contributed by atoms with Crippen molar-refractivity contribution in [3.05, 3.63) is 68.9 Å². The minimum absolute atomic E-state index is 0.0101. The van der Waals surface area contributed by atoms with Crippen LogP contribution in [0.3, 0.4) is 0 Å². The molecule has 2 aromatic rings. The third-order valence-corrected chi connectivity index (χ3v) is 4.93. The molecule has 0 radical (unpaired) electrons. The van der Waals surface area contributed by atoms with Gasteiger partial charge in [-0.15, -0.1) is 0 Å². The molecule has 0 aliphatic rings. The van der Waals surface area contributed by atoms with Crippen molar-refractivity contribution in [1.82, 2.24) is 0 Å². The summed E-state index contributed by atoms with van der Waals surface area (Å²) in [6.45, 7) is 4.29. The molecular formula is C17H17Br2F. The van der Waals surface area contributed by atoms with E-state index in [2.05, 4.69) is 63.9 Å². The molecule has 0 heterocycles. The van der Waals surface area contributed by atoms with Crippen LogP contribution in [0, 0.1) is 5.82 Å². The number of hydrogen-bond donors (Lipinski definition) is 0. The van der Waals surface area contributed by atoms with E-state index in [0.29, 0.717) is 0 Å². The van der Waals surface area contributed by atoms with E-state index in [9.17, 15) is 4.39 Å². The highest BCUT2D eigenvalue weighted by Crippen LogP contribution is 2.35. The van der Waals surface area contributed by atoms with E-state index >= 15 is 0 Å². The summed E-state index contributed by atoms with van der Waals surface area (Å²) in [4.78, 5) is 0.0101. The van der Waals surface area contributed by atoms with Crippen molar-refractivity contribution in [3.63, 3.8) is 0 Å². The maximum atomic E-state index is 13.6. The predicted octanol–water partition coefficient (Wildman–Crippen LogP) is 6.20. The van der Waals surface area contributed by atoms with Crippen LogP contribution in [0.25, 0.3) is 0 Å². The molecule has 0 N–H and O–H groups in total. The van der Waals surface area contributed by atoms with E-state index in [4.69, 9.17) is 0 Å². The summed E-state index contributed by atoms with van der Waals surface area (Å²) in [5, 5.41) is 0. The Morgan fingerprint density at radius 3 is 2.40 bits per heavy atom. The van der Waals surface area contributed by atoms with Gasteiger partial charge in [0.1, 0.15) is 5.82 Å². The van der Waals surface area contributed by atoms with Gasteiger partial charge in [-0.1, -0.05) is 63.9 Å². The Labute approximate surface area is 136 Å². The second kappa shape index (κ2) is 6.86. The highest BCUT2D eigenvalue weighted by molar-refractivity contribution is 9.10. The van der Waals surface area contributed by atoms with Crippen LogP contribution < -0.4 is 0 Å². The van der Waals surface area contributed by atoms with Gasteiger partial charge in [0.2, 0.25) is 0 Å². The minimum atomic E-state index is -0.219. The van der Waals surface area contributed by atoms with Crippen LogP contribution in [0.15, 0.2) is 40.9 Å². The zero-order chi connectivity index (χ0) is 14.7. The Morgan fingerprint density at radius 1 is 1.05 bits per heavy atom. The normalized spacial score (nSPS) is 12.4. The van der Waals surface area contributed by atoms with E-state index in [1.807, 2.05) is 6.07 Å². The molecule has 0 aliphatic carbocycles. The number of rotatable bonds is 4. The van der Waals surface area contributed by atoms with Gasteiger partial charge in [-0.05, 0) is 53.3 Å². The van der Waals surface area contributed by atoms with Crippen LogP contribution in [0.4, 0.5) is 4.39 Å². The number of halogens is 3. The SMILES string of the molecule is CCc1ccc(CC)c(C(Br)c2cc(F)cc(Br)c2)c1. The van der Waals surface area contributed by atoms with Gasteiger partial charge < -0.3 is 0 Å². The zero-order valence-corrected chi connectivity index (χ0v) is 14.8. The van der Waals surface area contributed by atoms with Gasteiger partial charge in [-0.3, -0.25) is 0 Å².